The highest BCUT2D eigenvalue weighted by atomic mass is 32.2. The Morgan fingerprint density at radius 3 is 2.94 bits per heavy atom. The second-order valence-electron chi connectivity index (χ2n) is 4.53. The van der Waals surface area contributed by atoms with Crippen LogP contribution in [0.15, 0.2) is 18.5 Å². The molecule has 1 aliphatic heterocycles. The van der Waals surface area contributed by atoms with Crippen LogP contribution >= 0.6 is 23.5 Å². The Bertz CT molecular complexity index is 386. The van der Waals surface area contributed by atoms with Crippen LogP contribution in [-0.4, -0.2) is 27.0 Å². The summed E-state index contributed by atoms with van der Waals surface area (Å²) in [5, 5.41) is 1.20. The molecule has 3 unspecified atom stereocenters. The van der Waals surface area contributed by atoms with Crippen molar-refractivity contribution in [3.63, 3.8) is 0 Å². The van der Waals surface area contributed by atoms with Gasteiger partial charge in [-0.05, 0) is 30.5 Å². The molecule has 0 bridgehead atoms. The molecule has 0 spiro atoms. The first-order valence-electron chi connectivity index (χ1n) is 6.37. The Labute approximate surface area is 118 Å². The highest BCUT2D eigenvalue weighted by Gasteiger charge is 2.33. The molecular formula is C13H21N3S2. The Hall–Kier alpha value is -0.230. The second-order valence-corrected chi connectivity index (χ2v) is 7.16. The van der Waals surface area contributed by atoms with E-state index in [4.69, 9.17) is 5.84 Å². The van der Waals surface area contributed by atoms with Gasteiger partial charge in [0.25, 0.3) is 0 Å². The molecular weight excluding hydrogens is 262 g/mol. The summed E-state index contributed by atoms with van der Waals surface area (Å²) in [6.45, 7) is 4.39. The fraction of sp³-hybridized carbons (Fsp3) is 0.615. The summed E-state index contributed by atoms with van der Waals surface area (Å²) in [6, 6.07) is 2.25. The van der Waals surface area contributed by atoms with Crippen LogP contribution in [0.25, 0.3) is 0 Å². The molecule has 2 heterocycles. The molecule has 3 nitrogen and oxygen atoms in total. The van der Waals surface area contributed by atoms with Gasteiger partial charge < -0.3 is 0 Å². The number of nitrogens with one attached hydrogen (secondary N) is 1. The SMILES string of the molecule is CCC1SCCSC1C(NN)c1cnccc1C. The van der Waals surface area contributed by atoms with E-state index in [1.165, 1.54) is 29.1 Å². The summed E-state index contributed by atoms with van der Waals surface area (Å²) < 4.78 is 0. The predicted octanol–water partition coefficient (Wildman–Crippen LogP) is 2.52. The number of hydrogen-bond donors (Lipinski definition) is 2. The molecule has 0 aromatic carbocycles. The number of thioether (sulfide) groups is 2. The lowest BCUT2D eigenvalue weighted by Crippen LogP contribution is -2.42. The van der Waals surface area contributed by atoms with Gasteiger partial charge >= 0.3 is 0 Å². The van der Waals surface area contributed by atoms with Crippen molar-refractivity contribution in [3.8, 4) is 0 Å². The molecule has 2 rings (SSSR count). The largest absolute Gasteiger partial charge is 0.271 e. The van der Waals surface area contributed by atoms with Crippen LogP contribution in [0.4, 0.5) is 0 Å². The lowest BCUT2D eigenvalue weighted by molar-refractivity contribution is 0.510. The maximum Gasteiger partial charge on any atom is 0.0607 e. The average Bonchev–Trinajstić information content (AvgIpc) is 2.42. The first-order valence-corrected chi connectivity index (χ1v) is 8.47. The van der Waals surface area contributed by atoms with E-state index in [2.05, 4.69) is 42.1 Å². The average molecular weight is 283 g/mol. The monoisotopic (exact) mass is 283 g/mol. The van der Waals surface area contributed by atoms with Crippen molar-refractivity contribution in [1.29, 1.82) is 0 Å². The molecule has 0 saturated carbocycles. The van der Waals surface area contributed by atoms with Gasteiger partial charge in [-0.15, -0.1) is 0 Å². The van der Waals surface area contributed by atoms with Gasteiger partial charge in [-0.3, -0.25) is 16.3 Å². The van der Waals surface area contributed by atoms with Gasteiger partial charge in [-0.25, -0.2) is 0 Å². The van der Waals surface area contributed by atoms with Gasteiger partial charge in [0.15, 0.2) is 0 Å². The minimum Gasteiger partial charge on any atom is -0.271 e. The zero-order valence-corrected chi connectivity index (χ0v) is 12.6. The quantitative estimate of drug-likeness (QED) is 0.657. The smallest absolute Gasteiger partial charge is 0.0607 e. The Morgan fingerprint density at radius 1 is 1.50 bits per heavy atom. The van der Waals surface area contributed by atoms with Crippen molar-refractivity contribution in [2.75, 3.05) is 11.5 Å². The maximum atomic E-state index is 5.82. The molecule has 1 aliphatic rings. The normalized spacial score (nSPS) is 25.9. The van der Waals surface area contributed by atoms with Gasteiger partial charge in [0.05, 0.1) is 6.04 Å². The van der Waals surface area contributed by atoms with Crippen LogP contribution in [0.2, 0.25) is 0 Å². The molecule has 1 aromatic rings. The molecule has 1 saturated heterocycles. The van der Waals surface area contributed by atoms with E-state index in [-0.39, 0.29) is 6.04 Å². The summed E-state index contributed by atoms with van der Waals surface area (Å²) in [5.74, 6) is 8.29. The predicted molar refractivity (Wildman–Crippen MR) is 81.8 cm³/mol. The van der Waals surface area contributed by atoms with Gasteiger partial charge in [-0.2, -0.15) is 23.5 Å². The lowest BCUT2D eigenvalue weighted by atomic mass is 9.98. The summed E-state index contributed by atoms with van der Waals surface area (Å²) in [4.78, 5) is 4.25. The van der Waals surface area contributed by atoms with E-state index < -0.39 is 0 Å². The molecule has 3 atom stereocenters. The van der Waals surface area contributed by atoms with Crippen molar-refractivity contribution in [3.05, 3.63) is 29.6 Å². The Kier molecular flexibility index (Phi) is 5.36. The van der Waals surface area contributed by atoms with Crippen molar-refractivity contribution >= 4 is 23.5 Å². The zero-order chi connectivity index (χ0) is 13.0. The van der Waals surface area contributed by atoms with E-state index >= 15 is 0 Å². The molecule has 100 valence electrons. The minimum atomic E-state index is 0.196. The number of nitrogens with two attached hydrogens (primary N) is 1. The topological polar surface area (TPSA) is 50.9 Å². The second kappa shape index (κ2) is 6.80. The fourth-order valence-corrected chi connectivity index (χ4v) is 5.63. The van der Waals surface area contributed by atoms with Crippen molar-refractivity contribution in [2.24, 2.45) is 5.84 Å². The van der Waals surface area contributed by atoms with Crippen LogP contribution in [-0.2, 0) is 0 Å². The highest BCUT2D eigenvalue weighted by Crippen LogP contribution is 2.40. The lowest BCUT2D eigenvalue weighted by Gasteiger charge is -2.36. The molecule has 18 heavy (non-hydrogen) atoms. The summed E-state index contributed by atoms with van der Waals surface area (Å²) >= 11 is 4.12. The molecule has 0 amide bonds. The first kappa shape index (κ1) is 14.2. The Balaban J connectivity index is 2.24. The third-order valence-corrected chi connectivity index (χ3v) is 6.77. The number of pyridine rings is 1. The fourth-order valence-electron chi connectivity index (χ4n) is 2.41. The molecule has 5 heteroatoms. The molecule has 3 N–H and O–H groups in total. The van der Waals surface area contributed by atoms with Gasteiger partial charge in [-0.1, -0.05) is 6.92 Å². The van der Waals surface area contributed by atoms with Crippen LogP contribution < -0.4 is 11.3 Å². The minimum absolute atomic E-state index is 0.196. The third kappa shape index (κ3) is 3.02. The molecule has 1 fully saturated rings. The summed E-state index contributed by atoms with van der Waals surface area (Å²) in [6.07, 6.45) is 4.98. The number of hydrogen-bond acceptors (Lipinski definition) is 5. The van der Waals surface area contributed by atoms with Crippen LogP contribution in [0.3, 0.4) is 0 Å². The van der Waals surface area contributed by atoms with Crippen LogP contribution in [0.1, 0.15) is 30.5 Å². The van der Waals surface area contributed by atoms with Crippen molar-refractivity contribution < 1.29 is 0 Å². The molecule has 1 aromatic heterocycles. The van der Waals surface area contributed by atoms with E-state index in [1.54, 1.807) is 0 Å². The number of aryl methyl sites for hydroxylation is 1. The van der Waals surface area contributed by atoms with Crippen molar-refractivity contribution in [1.82, 2.24) is 10.4 Å². The van der Waals surface area contributed by atoms with E-state index in [1.807, 2.05) is 24.2 Å². The van der Waals surface area contributed by atoms with Crippen molar-refractivity contribution in [2.45, 2.75) is 36.8 Å². The number of rotatable bonds is 4. The summed E-state index contributed by atoms with van der Waals surface area (Å²) in [7, 11) is 0. The molecule has 0 radical (unpaired) electrons. The van der Waals surface area contributed by atoms with Crippen LogP contribution in [0, 0.1) is 6.92 Å². The number of hydrazine groups is 1. The Morgan fingerprint density at radius 2 is 2.28 bits per heavy atom. The van der Waals surface area contributed by atoms with E-state index in [0.29, 0.717) is 10.5 Å². The van der Waals surface area contributed by atoms with E-state index in [9.17, 15) is 0 Å². The maximum absolute atomic E-state index is 5.82. The third-order valence-electron chi connectivity index (χ3n) is 3.42. The molecule has 0 aliphatic carbocycles. The van der Waals surface area contributed by atoms with Crippen LogP contribution in [0.5, 0.6) is 0 Å². The van der Waals surface area contributed by atoms with Gasteiger partial charge in [0.2, 0.25) is 0 Å². The zero-order valence-electron chi connectivity index (χ0n) is 10.9. The summed E-state index contributed by atoms with van der Waals surface area (Å²) in [5.41, 5.74) is 5.52. The van der Waals surface area contributed by atoms with Gasteiger partial charge in [0, 0.05) is 34.4 Å². The van der Waals surface area contributed by atoms with E-state index in [0.717, 1.165) is 0 Å². The first-order chi connectivity index (χ1) is 8.77. The number of nitrogens with zero attached hydrogens (tertiary/aromatic N) is 1. The number of aromatic nitrogens is 1. The highest BCUT2D eigenvalue weighted by molar-refractivity contribution is 8.07. The standard InChI is InChI=1S/C13H21N3S2/c1-3-11-13(18-7-6-17-11)12(16-14)10-8-15-5-4-9(10)2/h4-5,8,11-13,16H,3,6-7,14H2,1-2H3. The van der Waals surface area contributed by atoms with Gasteiger partial charge in [0.1, 0.15) is 0 Å².